The van der Waals surface area contributed by atoms with Crippen LogP contribution in [0, 0.1) is 18.3 Å². The van der Waals surface area contributed by atoms with Crippen molar-refractivity contribution in [2.75, 3.05) is 16.8 Å². The highest BCUT2D eigenvalue weighted by molar-refractivity contribution is 8.00. The van der Waals surface area contributed by atoms with Crippen molar-refractivity contribution in [1.82, 2.24) is 4.37 Å². The molecule has 17 heavy (non-hydrogen) atoms. The maximum atomic E-state index is 11.4. The predicted molar refractivity (Wildman–Crippen MR) is 65.4 cm³/mol. The van der Waals surface area contributed by atoms with Gasteiger partial charge in [0.05, 0.1) is 23.3 Å². The van der Waals surface area contributed by atoms with Crippen LogP contribution in [0.4, 0.5) is 5.00 Å². The second-order valence-electron chi connectivity index (χ2n) is 2.98. The number of hydrogen-bond donors (Lipinski definition) is 2. The van der Waals surface area contributed by atoms with E-state index in [2.05, 4.69) is 9.69 Å². The number of rotatable bonds is 5. The lowest BCUT2D eigenvalue weighted by molar-refractivity contribution is -0.113. The summed E-state index contributed by atoms with van der Waals surface area (Å²) in [4.78, 5) is 22.3. The summed E-state index contributed by atoms with van der Waals surface area (Å²) in [6.45, 7) is 1.57. The molecule has 1 heterocycles. The van der Waals surface area contributed by atoms with E-state index in [0.717, 1.165) is 11.5 Å². The number of carbonyl (C=O) groups is 2. The Kier molecular flexibility index (Phi) is 4.93. The number of aromatic carboxylic acids is 1. The summed E-state index contributed by atoms with van der Waals surface area (Å²) in [5.41, 5.74) is 0.399. The Hall–Kier alpha value is -1.59. The Balaban J connectivity index is 2.66. The molecule has 0 fully saturated rings. The van der Waals surface area contributed by atoms with Gasteiger partial charge < -0.3 is 10.4 Å². The van der Waals surface area contributed by atoms with Gasteiger partial charge in [0.1, 0.15) is 10.6 Å². The number of aryl methyl sites for hydroxylation is 1. The number of aromatic nitrogens is 1. The van der Waals surface area contributed by atoms with Gasteiger partial charge in [0.2, 0.25) is 5.91 Å². The number of carboxylic acids is 1. The van der Waals surface area contributed by atoms with Gasteiger partial charge in [-0.25, -0.2) is 4.79 Å². The third-order valence-corrected chi connectivity index (χ3v) is 3.38. The van der Waals surface area contributed by atoms with Crippen LogP contribution in [0.1, 0.15) is 16.1 Å². The molecule has 0 bridgehead atoms. The average Bonchev–Trinajstić information content (AvgIpc) is 2.60. The van der Waals surface area contributed by atoms with Crippen LogP contribution < -0.4 is 5.32 Å². The first kappa shape index (κ1) is 13.5. The van der Waals surface area contributed by atoms with Crippen LogP contribution in [-0.2, 0) is 4.79 Å². The lowest BCUT2D eigenvalue weighted by Gasteiger charge is -2.02. The molecule has 0 aromatic carbocycles. The Labute approximate surface area is 106 Å². The Morgan fingerprint density at radius 3 is 2.94 bits per heavy atom. The summed E-state index contributed by atoms with van der Waals surface area (Å²) >= 11 is 2.10. The molecule has 0 unspecified atom stereocenters. The van der Waals surface area contributed by atoms with Crippen LogP contribution in [0.25, 0.3) is 0 Å². The number of nitrogens with zero attached hydrogens (tertiary/aromatic N) is 2. The fourth-order valence-electron chi connectivity index (χ4n) is 1.06. The van der Waals surface area contributed by atoms with Crippen LogP contribution in [0.3, 0.4) is 0 Å². The van der Waals surface area contributed by atoms with Crippen molar-refractivity contribution in [3.8, 4) is 6.07 Å². The van der Waals surface area contributed by atoms with Crippen molar-refractivity contribution in [2.45, 2.75) is 6.92 Å². The van der Waals surface area contributed by atoms with Crippen LogP contribution >= 0.6 is 23.3 Å². The average molecular weight is 271 g/mol. The number of thioether (sulfide) groups is 1. The molecule has 6 nitrogen and oxygen atoms in total. The molecule has 0 aliphatic carbocycles. The minimum Gasteiger partial charge on any atom is -0.478 e. The van der Waals surface area contributed by atoms with Gasteiger partial charge >= 0.3 is 5.97 Å². The fraction of sp³-hybridized carbons (Fsp3) is 0.333. The number of carboxylic acid groups (broad SMARTS) is 1. The molecule has 8 heteroatoms. The molecule has 1 amide bonds. The number of amides is 1. The zero-order valence-electron chi connectivity index (χ0n) is 8.89. The van der Waals surface area contributed by atoms with Gasteiger partial charge in [-0.05, 0) is 18.5 Å². The van der Waals surface area contributed by atoms with E-state index in [4.69, 9.17) is 10.4 Å². The molecular weight excluding hydrogens is 262 g/mol. The smallest absolute Gasteiger partial charge is 0.340 e. The number of hydrogen-bond acceptors (Lipinski definition) is 6. The second kappa shape index (κ2) is 6.22. The number of nitrogens with one attached hydrogen (secondary N) is 1. The van der Waals surface area contributed by atoms with Gasteiger partial charge in [0.15, 0.2) is 0 Å². The van der Waals surface area contributed by atoms with Gasteiger partial charge in [-0.15, -0.1) is 11.8 Å². The molecular formula is C9H9N3O3S2. The van der Waals surface area contributed by atoms with Gasteiger partial charge in [-0.2, -0.15) is 9.64 Å². The molecule has 0 atom stereocenters. The summed E-state index contributed by atoms with van der Waals surface area (Å²) < 4.78 is 3.87. The van der Waals surface area contributed by atoms with E-state index in [1.165, 1.54) is 11.8 Å². The first-order valence-electron chi connectivity index (χ1n) is 4.50. The molecule has 0 aliphatic rings. The molecule has 0 radical (unpaired) electrons. The molecule has 1 rings (SSSR count). The van der Waals surface area contributed by atoms with Crippen LogP contribution in [-0.4, -0.2) is 32.9 Å². The van der Waals surface area contributed by atoms with Crippen molar-refractivity contribution in [1.29, 1.82) is 5.26 Å². The normalized spacial score (nSPS) is 9.65. The van der Waals surface area contributed by atoms with Crippen molar-refractivity contribution in [2.24, 2.45) is 0 Å². The Morgan fingerprint density at radius 2 is 2.35 bits per heavy atom. The van der Waals surface area contributed by atoms with E-state index >= 15 is 0 Å². The third-order valence-electron chi connectivity index (χ3n) is 1.73. The SMILES string of the molecule is Cc1nsc(NC(=O)CSCC#N)c1C(=O)O. The van der Waals surface area contributed by atoms with Crippen LogP contribution in [0.2, 0.25) is 0 Å². The summed E-state index contributed by atoms with van der Waals surface area (Å²) in [5, 5.41) is 19.9. The highest BCUT2D eigenvalue weighted by Gasteiger charge is 2.18. The maximum Gasteiger partial charge on any atom is 0.340 e. The van der Waals surface area contributed by atoms with E-state index in [1.807, 2.05) is 6.07 Å². The number of nitriles is 1. The summed E-state index contributed by atoms with van der Waals surface area (Å²) in [5.74, 6) is -1.11. The third kappa shape index (κ3) is 3.72. The molecule has 1 aromatic heterocycles. The summed E-state index contributed by atoms with van der Waals surface area (Å²) in [6, 6.07) is 1.90. The van der Waals surface area contributed by atoms with Crippen LogP contribution in [0.5, 0.6) is 0 Å². The molecule has 1 aromatic rings. The zero-order valence-corrected chi connectivity index (χ0v) is 10.5. The molecule has 0 saturated carbocycles. The largest absolute Gasteiger partial charge is 0.478 e. The molecule has 0 spiro atoms. The monoisotopic (exact) mass is 271 g/mol. The summed E-state index contributed by atoms with van der Waals surface area (Å²) in [6.07, 6.45) is 0. The van der Waals surface area contributed by atoms with Gasteiger partial charge in [-0.1, -0.05) is 0 Å². The van der Waals surface area contributed by atoms with Gasteiger partial charge in [0, 0.05) is 0 Å². The highest BCUT2D eigenvalue weighted by Crippen LogP contribution is 2.24. The minimum atomic E-state index is -1.11. The highest BCUT2D eigenvalue weighted by atomic mass is 32.2. The molecule has 0 saturated heterocycles. The second-order valence-corrected chi connectivity index (χ2v) is 4.74. The van der Waals surface area contributed by atoms with Crippen molar-refractivity contribution in [3.63, 3.8) is 0 Å². The lowest BCUT2D eigenvalue weighted by Crippen LogP contribution is -2.15. The molecule has 90 valence electrons. The lowest BCUT2D eigenvalue weighted by atomic mass is 10.2. The maximum absolute atomic E-state index is 11.4. The van der Waals surface area contributed by atoms with Crippen LogP contribution in [0.15, 0.2) is 0 Å². The van der Waals surface area contributed by atoms with E-state index < -0.39 is 5.97 Å². The van der Waals surface area contributed by atoms with Crippen molar-refractivity contribution < 1.29 is 14.7 Å². The molecule has 2 N–H and O–H groups in total. The summed E-state index contributed by atoms with van der Waals surface area (Å²) in [7, 11) is 0. The Morgan fingerprint density at radius 1 is 1.65 bits per heavy atom. The number of carbonyl (C=O) groups excluding carboxylic acids is 1. The van der Waals surface area contributed by atoms with Gasteiger partial charge in [-0.3, -0.25) is 4.79 Å². The van der Waals surface area contributed by atoms with Gasteiger partial charge in [0.25, 0.3) is 0 Å². The van der Waals surface area contributed by atoms with E-state index in [0.29, 0.717) is 5.69 Å². The predicted octanol–water partition coefficient (Wildman–Crippen LogP) is 1.34. The van der Waals surface area contributed by atoms with E-state index in [1.54, 1.807) is 6.92 Å². The van der Waals surface area contributed by atoms with E-state index in [-0.39, 0.29) is 28.0 Å². The molecule has 0 aliphatic heterocycles. The van der Waals surface area contributed by atoms with Crippen molar-refractivity contribution in [3.05, 3.63) is 11.3 Å². The minimum absolute atomic E-state index is 0.0219. The zero-order chi connectivity index (χ0) is 12.8. The van der Waals surface area contributed by atoms with Crippen molar-refractivity contribution >= 4 is 40.2 Å². The number of anilines is 1. The van der Waals surface area contributed by atoms with E-state index in [9.17, 15) is 9.59 Å². The first-order chi connectivity index (χ1) is 8.06. The Bertz CT molecular complexity index is 478. The standard InChI is InChI=1S/C9H9N3O3S2/c1-5-7(9(14)15)8(17-12-5)11-6(13)4-16-3-2-10/h3-4H2,1H3,(H,11,13)(H,14,15). The topological polar surface area (TPSA) is 103 Å². The fourth-order valence-corrected chi connectivity index (χ4v) is 2.32. The quantitative estimate of drug-likeness (QED) is 0.783. The first-order valence-corrected chi connectivity index (χ1v) is 6.43.